The maximum absolute atomic E-state index is 5.42. The van der Waals surface area contributed by atoms with Crippen molar-refractivity contribution in [2.45, 2.75) is 32.6 Å². The predicted octanol–water partition coefficient (Wildman–Crippen LogP) is 3.98. The molecule has 0 bridgehead atoms. The third kappa shape index (κ3) is 2.76. The lowest BCUT2D eigenvalue weighted by Gasteiger charge is -2.09. The van der Waals surface area contributed by atoms with Crippen LogP contribution >= 0.6 is 0 Å². The van der Waals surface area contributed by atoms with E-state index in [4.69, 9.17) is 9.72 Å². The summed E-state index contributed by atoms with van der Waals surface area (Å²) in [6.07, 6.45) is 4.66. The van der Waals surface area contributed by atoms with Crippen molar-refractivity contribution in [3.8, 4) is 5.75 Å². The highest BCUT2D eigenvalue weighted by molar-refractivity contribution is 5.80. The molecule has 0 atom stereocenters. The smallest absolute Gasteiger partial charge is 0.140 e. The first-order chi connectivity index (χ1) is 8.35. The van der Waals surface area contributed by atoms with E-state index in [0.717, 1.165) is 28.8 Å². The summed E-state index contributed by atoms with van der Waals surface area (Å²) in [4.78, 5) is 4.69. The van der Waals surface area contributed by atoms with Gasteiger partial charge in [0.1, 0.15) is 5.75 Å². The normalized spacial score (nSPS) is 10.7. The van der Waals surface area contributed by atoms with Crippen LogP contribution in [-0.2, 0) is 6.42 Å². The number of para-hydroxylation sites is 1. The van der Waals surface area contributed by atoms with Gasteiger partial charge in [-0.25, -0.2) is 4.98 Å². The Labute approximate surface area is 103 Å². The molecule has 0 N–H and O–H groups in total. The highest BCUT2D eigenvalue weighted by Gasteiger charge is 2.06. The third-order valence-corrected chi connectivity index (χ3v) is 3.00. The van der Waals surface area contributed by atoms with E-state index < -0.39 is 0 Å². The quantitative estimate of drug-likeness (QED) is 0.723. The highest BCUT2D eigenvalue weighted by atomic mass is 16.5. The number of unbranched alkanes of at least 4 members (excludes halogenated alkanes) is 2. The number of aryl methyl sites for hydroxylation is 1. The molecular weight excluding hydrogens is 210 g/mol. The number of rotatable bonds is 5. The van der Waals surface area contributed by atoms with E-state index in [2.05, 4.69) is 25.1 Å². The first-order valence-electron chi connectivity index (χ1n) is 6.27. The molecule has 0 amide bonds. The molecular formula is C15H19NO. The standard InChI is InChI=1S/C15H19NO/c1-3-4-5-10-14-15(17-2)11-12-8-6-7-9-13(12)16-14/h6-9,11H,3-5,10H2,1-2H3. The Morgan fingerprint density at radius 3 is 2.76 bits per heavy atom. The summed E-state index contributed by atoms with van der Waals surface area (Å²) in [5.41, 5.74) is 2.14. The Morgan fingerprint density at radius 1 is 1.18 bits per heavy atom. The van der Waals surface area contributed by atoms with Crippen LogP contribution in [0.5, 0.6) is 5.75 Å². The maximum atomic E-state index is 5.42. The lowest BCUT2D eigenvalue weighted by Crippen LogP contribution is -1.97. The van der Waals surface area contributed by atoms with Crippen molar-refractivity contribution in [1.82, 2.24) is 4.98 Å². The minimum absolute atomic E-state index is 0.916. The Bertz CT molecular complexity index is 493. The van der Waals surface area contributed by atoms with Gasteiger partial charge < -0.3 is 4.74 Å². The van der Waals surface area contributed by atoms with Crippen molar-refractivity contribution in [2.24, 2.45) is 0 Å². The maximum Gasteiger partial charge on any atom is 0.140 e. The summed E-state index contributed by atoms with van der Waals surface area (Å²) in [5.74, 6) is 0.916. The molecule has 2 rings (SSSR count). The zero-order chi connectivity index (χ0) is 12.1. The first kappa shape index (κ1) is 11.9. The largest absolute Gasteiger partial charge is 0.495 e. The number of ether oxygens (including phenoxy) is 1. The topological polar surface area (TPSA) is 22.1 Å². The Balaban J connectivity index is 2.32. The number of hydrogen-bond acceptors (Lipinski definition) is 2. The zero-order valence-electron chi connectivity index (χ0n) is 10.6. The van der Waals surface area contributed by atoms with Crippen molar-refractivity contribution >= 4 is 10.9 Å². The molecule has 0 unspecified atom stereocenters. The molecule has 90 valence electrons. The zero-order valence-corrected chi connectivity index (χ0v) is 10.6. The van der Waals surface area contributed by atoms with Crippen LogP contribution in [-0.4, -0.2) is 12.1 Å². The van der Waals surface area contributed by atoms with E-state index in [1.54, 1.807) is 7.11 Å². The van der Waals surface area contributed by atoms with Gasteiger partial charge >= 0.3 is 0 Å². The minimum atomic E-state index is 0.916. The van der Waals surface area contributed by atoms with Crippen molar-refractivity contribution < 1.29 is 4.74 Å². The monoisotopic (exact) mass is 229 g/mol. The van der Waals surface area contributed by atoms with Crippen molar-refractivity contribution in [3.63, 3.8) is 0 Å². The van der Waals surface area contributed by atoms with Crippen LogP contribution in [0.15, 0.2) is 30.3 Å². The molecule has 0 aliphatic heterocycles. The fraction of sp³-hybridized carbons (Fsp3) is 0.400. The summed E-state index contributed by atoms with van der Waals surface area (Å²) in [7, 11) is 1.72. The predicted molar refractivity (Wildman–Crippen MR) is 71.5 cm³/mol. The van der Waals surface area contributed by atoms with Crippen molar-refractivity contribution in [2.75, 3.05) is 7.11 Å². The summed E-state index contributed by atoms with van der Waals surface area (Å²) >= 11 is 0. The van der Waals surface area contributed by atoms with Crippen LogP contribution < -0.4 is 4.74 Å². The van der Waals surface area contributed by atoms with Gasteiger partial charge in [-0.3, -0.25) is 0 Å². The molecule has 2 nitrogen and oxygen atoms in total. The minimum Gasteiger partial charge on any atom is -0.495 e. The van der Waals surface area contributed by atoms with Crippen molar-refractivity contribution in [3.05, 3.63) is 36.0 Å². The Hall–Kier alpha value is -1.57. The van der Waals surface area contributed by atoms with Gasteiger partial charge in [0, 0.05) is 5.39 Å². The molecule has 2 aromatic rings. The number of pyridine rings is 1. The Morgan fingerprint density at radius 2 is 2.00 bits per heavy atom. The highest BCUT2D eigenvalue weighted by Crippen LogP contribution is 2.24. The molecule has 0 saturated carbocycles. The van der Waals surface area contributed by atoms with Crippen LogP contribution in [0.3, 0.4) is 0 Å². The van der Waals surface area contributed by atoms with E-state index in [1.807, 2.05) is 12.1 Å². The molecule has 1 heterocycles. The van der Waals surface area contributed by atoms with Gasteiger partial charge in [0.15, 0.2) is 0 Å². The van der Waals surface area contributed by atoms with Gasteiger partial charge in [0.05, 0.1) is 18.3 Å². The molecule has 0 fully saturated rings. The fourth-order valence-corrected chi connectivity index (χ4v) is 2.03. The number of nitrogens with zero attached hydrogens (tertiary/aromatic N) is 1. The van der Waals surface area contributed by atoms with Gasteiger partial charge in [0.2, 0.25) is 0 Å². The van der Waals surface area contributed by atoms with Gasteiger partial charge in [-0.2, -0.15) is 0 Å². The van der Waals surface area contributed by atoms with E-state index in [-0.39, 0.29) is 0 Å². The van der Waals surface area contributed by atoms with E-state index in [0.29, 0.717) is 0 Å². The second kappa shape index (κ2) is 5.67. The van der Waals surface area contributed by atoms with Gasteiger partial charge in [-0.15, -0.1) is 0 Å². The third-order valence-electron chi connectivity index (χ3n) is 3.00. The van der Waals surface area contributed by atoms with Crippen molar-refractivity contribution in [1.29, 1.82) is 0 Å². The SMILES string of the molecule is CCCCCc1nc2ccccc2cc1OC. The molecule has 0 radical (unpaired) electrons. The summed E-state index contributed by atoms with van der Waals surface area (Å²) < 4.78 is 5.42. The van der Waals surface area contributed by atoms with E-state index in [1.165, 1.54) is 19.3 Å². The van der Waals surface area contributed by atoms with Crippen LogP contribution in [0.4, 0.5) is 0 Å². The van der Waals surface area contributed by atoms with Gasteiger partial charge in [-0.1, -0.05) is 38.0 Å². The number of hydrogen-bond donors (Lipinski definition) is 0. The molecule has 0 aliphatic carbocycles. The van der Waals surface area contributed by atoms with Crippen LogP contribution in [0.2, 0.25) is 0 Å². The van der Waals surface area contributed by atoms with Crippen LogP contribution in [0.1, 0.15) is 31.9 Å². The van der Waals surface area contributed by atoms with E-state index in [9.17, 15) is 0 Å². The second-order valence-corrected chi connectivity index (χ2v) is 4.29. The average Bonchev–Trinajstić information content (AvgIpc) is 2.38. The summed E-state index contributed by atoms with van der Waals surface area (Å²) in [6, 6.07) is 10.3. The fourth-order valence-electron chi connectivity index (χ4n) is 2.03. The molecule has 0 aliphatic rings. The number of methoxy groups -OCH3 is 1. The summed E-state index contributed by atoms with van der Waals surface area (Å²) in [6.45, 7) is 2.21. The lowest BCUT2D eigenvalue weighted by molar-refractivity contribution is 0.407. The number of fused-ring (bicyclic) bond motifs is 1. The van der Waals surface area contributed by atoms with Gasteiger partial charge in [-0.05, 0) is 25.0 Å². The summed E-state index contributed by atoms with van der Waals surface area (Å²) in [5, 5.41) is 1.14. The Kier molecular flexibility index (Phi) is 3.97. The van der Waals surface area contributed by atoms with Crippen LogP contribution in [0.25, 0.3) is 10.9 Å². The van der Waals surface area contributed by atoms with E-state index >= 15 is 0 Å². The molecule has 2 heteroatoms. The molecule has 1 aromatic heterocycles. The average molecular weight is 229 g/mol. The molecule has 0 saturated heterocycles. The molecule has 0 spiro atoms. The van der Waals surface area contributed by atoms with Gasteiger partial charge in [0.25, 0.3) is 0 Å². The molecule has 17 heavy (non-hydrogen) atoms. The number of aromatic nitrogens is 1. The number of benzene rings is 1. The lowest BCUT2D eigenvalue weighted by atomic mass is 10.1. The molecule has 1 aromatic carbocycles. The van der Waals surface area contributed by atoms with Crippen LogP contribution in [0, 0.1) is 0 Å². The second-order valence-electron chi connectivity index (χ2n) is 4.29. The first-order valence-corrected chi connectivity index (χ1v) is 6.27.